The number of pyridine rings is 1. The zero-order valence-corrected chi connectivity index (χ0v) is 14.9. The molecule has 1 atom stereocenters. The summed E-state index contributed by atoms with van der Waals surface area (Å²) in [6, 6.07) is 6.00. The molecule has 0 spiro atoms. The van der Waals surface area contributed by atoms with Crippen molar-refractivity contribution >= 4 is 11.9 Å². The third-order valence-electron chi connectivity index (χ3n) is 4.51. The van der Waals surface area contributed by atoms with E-state index in [-0.39, 0.29) is 12.3 Å². The fourth-order valence-corrected chi connectivity index (χ4v) is 3.40. The van der Waals surface area contributed by atoms with E-state index in [9.17, 15) is 4.79 Å². The molecule has 1 unspecified atom stereocenters. The Morgan fingerprint density at radius 3 is 2.54 bits per heavy atom. The molecular formula is C18H28N4O2. The minimum Gasteiger partial charge on any atom is -0.444 e. The summed E-state index contributed by atoms with van der Waals surface area (Å²) in [6.07, 6.45) is 4.23. The average Bonchev–Trinajstić information content (AvgIpc) is 3.08. The van der Waals surface area contributed by atoms with Crippen molar-refractivity contribution in [1.29, 1.82) is 0 Å². The number of carbonyl (C=O) groups is 1. The van der Waals surface area contributed by atoms with Crippen LogP contribution < -0.4 is 4.90 Å². The second kappa shape index (κ2) is 6.97. The number of anilines is 1. The maximum Gasteiger partial charge on any atom is 0.410 e. The van der Waals surface area contributed by atoms with E-state index in [0.29, 0.717) is 13.1 Å². The molecule has 0 aromatic carbocycles. The van der Waals surface area contributed by atoms with E-state index in [0.717, 1.165) is 25.5 Å². The normalized spacial score (nSPS) is 22.7. The molecule has 1 aromatic heterocycles. The molecule has 132 valence electrons. The molecular weight excluding hydrogens is 304 g/mol. The van der Waals surface area contributed by atoms with Crippen molar-refractivity contribution in [1.82, 2.24) is 14.8 Å². The number of ether oxygens (including phenoxy) is 1. The van der Waals surface area contributed by atoms with Crippen LogP contribution in [0, 0.1) is 0 Å². The van der Waals surface area contributed by atoms with Gasteiger partial charge in [-0.3, -0.25) is 4.90 Å². The van der Waals surface area contributed by atoms with Gasteiger partial charge in [0.05, 0.1) is 6.54 Å². The van der Waals surface area contributed by atoms with Crippen LogP contribution in [0.4, 0.5) is 10.6 Å². The highest BCUT2D eigenvalue weighted by Gasteiger charge is 2.36. The van der Waals surface area contributed by atoms with Crippen LogP contribution in [-0.4, -0.2) is 65.4 Å². The molecule has 2 saturated heterocycles. The summed E-state index contributed by atoms with van der Waals surface area (Å²) in [5.41, 5.74) is -0.460. The monoisotopic (exact) mass is 332 g/mol. The third-order valence-corrected chi connectivity index (χ3v) is 4.51. The Balaban J connectivity index is 1.75. The predicted molar refractivity (Wildman–Crippen MR) is 94.0 cm³/mol. The van der Waals surface area contributed by atoms with Gasteiger partial charge in [0.2, 0.25) is 0 Å². The largest absolute Gasteiger partial charge is 0.444 e. The highest BCUT2D eigenvalue weighted by atomic mass is 16.6. The number of piperazine rings is 1. The first-order valence-electron chi connectivity index (χ1n) is 8.84. The van der Waals surface area contributed by atoms with Gasteiger partial charge in [0.15, 0.2) is 0 Å². The number of amides is 1. The molecule has 0 radical (unpaired) electrons. The van der Waals surface area contributed by atoms with Crippen LogP contribution in [0.5, 0.6) is 0 Å². The maximum absolute atomic E-state index is 12.5. The van der Waals surface area contributed by atoms with Crippen LogP contribution in [0.1, 0.15) is 33.6 Å². The average molecular weight is 332 g/mol. The zero-order valence-electron chi connectivity index (χ0n) is 14.9. The van der Waals surface area contributed by atoms with Crippen LogP contribution in [0.3, 0.4) is 0 Å². The number of hydrogen-bond donors (Lipinski definition) is 0. The minimum absolute atomic E-state index is 0.170. The Morgan fingerprint density at radius 2 is 1.92 bits per heavy atom. The van der Waals surface area contributed by atoms with E-state index >= 15 is 0 Å². The van der Waals surface area contributed by atoms with E-state index in [2.05, 4.69) is 14.8 Å². The summed E-state index contributed by atoms with van der Waals surface area (Å²) < 4.78 is 5.56. The Kier molecular flexibility index (Phi) is 4.94. The first kappa shape index (κ1) is 17.0. The van der Waals surface area contributed by atoms with Gasteiger partial charge in [0.25, 0.3) is 0 Å². The maximum atomic E-state index is 12.5. The first-order chi connectivity index (χ1) is 11.4. The van der Waals surface area contributed by atoms with Gasteiger partial charge in [-0.15, -0.1) is 0 Å². The van der Waals surface area contributed by atoms with Crippen molar-refractivity contribution < 1.29 is 9.53 Å². The lowest BCUT2D eigenvalue weighted by atomic mass is 10.2. The zero-order chi connectivity index (χ0) is 17.2. The molecule has 3 rings (SSSR count). The number of nitrogens with zero attached hydrogens (tertiary/aromatic N) is 4. The van der Waals surface area contributed by atoms with Crippen LogP contribution >= 0.6 is 0 Å². The van der Waals surface area contributed by atoms with Gasteiger partial charge < -0.3 is 14.5 Å². The Labute approximate surface area is 144 Å². The van der Waals surface area contributed by atoms with Gasteiger partial charge in [-0.1, -0.05) is 6.07 Å². The van der Waals surface area contributed by atoms with Crippen molar-refractivity contribution in [2.75, 3.05) is 37.6 Å². The minimum atomic E-state index is -0.460. The summed E-state index contributed by atoms with van der Waals surface area (Å²) in [5, 5.41) is 0. The van der Waals surface area contributed by atoms with Crippen molar-refractivity contribution in [3.05, 3.63) is 24.4 Å². The molecule has 0 bridgehead atoms. The Bertz CT molecular complexity index is 552. The number of hydrogen-bond acceptors (Lipinski definition) is 5. The van der Waals surface area contributed by atoms with Gasteiger partial charge in [0.1, 0.15) is 17.6 Å². The Morgan fingerprint density at radius 1 is 1.17 bits per heavy atom. The van der Waals surface area contributed by atoms with E-state index in [1.165, 1.54) is 12.8 Å². The lowest BCUT2D eigenvalue weighted by Gasteiger charge is -2.45. The highest BCUT2D eigenvalue weighted by molar-refractivity contribution is 5.68. The van der Waals surface area contributed by atoms with Crippen molar-refractivity contribution in [3.8, 4) is 0 Å². The van der Waals surface area contributed by atoms with E-state index in [1.807, 2.05) is 50.1 Å². The molecule has 2 aliphatic rings. The summed E-state index contributed by atoms with van der Waals surface area (Å²) >= 11 is 0. The molecule has 3 heterocycles. The summed E-state index contributed by atoms with van der Waals surface area (Å²) in [6.45, 7) is 9.98. The highest BCUT2D eigenvalue weighted by Crippen LogP contribution is 2.24. The van der Waals surface area contributed by atoms with E-state index in [1.54, 1.807) is 0 Å². The van der Waals surface area contributed by atoms with Crippen LogP contribution in [0.15, 0.2) is 24.4 Å². The van der Waals surface area contributed by atoms with Crippen molar-refractivity contribution in [3.63, 3.8) is 0 Å². The lowest BCUT2D eigenvalue weighted by molar-refractivity contribution is 0.0147. The molecule has 6 nitrogen and oxygen atoms in total. The molecule has 2 fully saturated rings. The van der Waals surface area contributed by atoms with Gasteiger partial charge in [0, 0.05) is 32.4 Å². The molecule has 2 aliphatic heterocycles. The molecule has 1 aromatic rings. The molecule has 24 heavy (non-hydrogen) atoms. The van der Waals surface area contributed by atoms with Gasteiger partial charge in [-0.2, -0.15) is 0 Å². The summed E-state index contributed by atoms with van der Waals surface area (Å²) in [5.74, 6) is 0.984. The van der Waals surface area contributed by atoms with Crippen LogP contribution in [0.25, 0.3) is 0 Å². The third kappa shape index (κ3) is 3.98. The van der Waals surface area contributed by atoms with Gasteiger partial charge in [-0.25, -0.2) is 9.78 Å². The summed E-state index contributed by atoms with van der Waals surface area (Å²) in [7, 11) is 0. The second-order valence-electron chi connectivity index (χ2n) is 7.53. The summed E-state index contributed by atoms with van der Waals surface area (Å²) in [4.78, 5) is 23.6. The number of rotatable bonds is 2. The standard InChI is InChI=1S/C18H28N4O2/c1-18(2,3)24-17(23)21-12-13-22(15-8-4-5-9-19-15)16(14-21)20-10-6-7-11-20/h4-5,8-9,16H,6-7,10-14H2,1-3H3. The second-order valence-corrected chi connectivity index (χ2v) is 7.53. The number of likely N-dealkylation sites (tertiary alicyclic amines) is 1. The quantitative estimate of drug-likeness (QED) is 0.833. The predicted octanol–water partition coefficient (Wildman–Crippen LogP) is 2.56. The smallest absolute Gasteiger partial charge is 0.410 e. The van der Waals surface area contributed by atoms with Crippen molar-refractivity contribution in [2.24, 2.45) is 0 Å². The fraction of sp³-hybridized carbons (Fsp3) is 0.667. The van der Waals surface area contributed by atoms with Crippen LogP contribution in [-0.2, 0) is 4.74 Å². The number of aromatic nitrogens is 1. The first-order valence-corrected chi connectivity index (χ1v) is 8.84. The molecule has 0 aliphatic carbocycles. The number of carbonyl (C=O) groups excluding carboxylic acids is 1. The van der Waals surface area contributed by atoms with Crippen LogP contribution in [0.2, 0.25) is 0 Å². The topological polar surface area (TPSA) is 48.9 Å². The van der Waals surface area contributed by atoms with Gasteiger partial charge >= 0.3 is 6.09 Å². The Hall–Kier alpha value is -1.82. The van der Waals surface area contributed by atoms with E-state index < -0.39 is 5.60 Å². The van der Waals surface area contributed by atoms with Gasteiger partial charge in [-0.05, 0) is 45.7 Å². The SMILES string of the molecule is CC(C)(C)OC(=O)N1CCN(c2ccccn2)C(N2CCCC2)C1. The molecule has 1 amide bonds. The molecule has 6 heteroatoms. The lowest BCUT2D eigenvalue weighted by Crippen LogP contribution is -2.61. The molecule has 0 N–H and O–H groups in total. The van der Waals surface area contributed by atoms with Crippen molar-refractivity contribution in [2.45, 2.75) is 45.4 Å². The van der Waals surface area contributed by atoms with E-state index in [4.69, 9.17) is 4.74 Å². The fourth-order valence-electron chi connectivity index (χ4n) is 3.40. The molecule has 0 saturated carbocycles.